The molecule has 0 bridgehead atoms. The number of anilines is 1. The molecule has 0 spiro atoms. The van der Waals surface area contributed by atoms with Crippen LogP contribution in [0.1, 0.15) is 6.42 Å². The van der Waals surface area contributed by atoms with E-state index < -0.39 is 0 Å². The molecule has 1 aromatic rings. The molecule has 2 heterocycles. The molecule has 3 aliphatic rings. The highest BCUT2D eigenvalue weighted by Gasteiger charge is 2.51. The number of carbonyl (C=O) groups excluding carboxylic acids is 2. The standard InChI is InChI=1S/C20H27N3O4/c1-26-16-4-2-15(3-5-16)21-6-8-22(9-7-21)19(24)17-14-18(17)20(25)23-10-12-27-13-11-23/h2-5,17-18H,6-14H2,1H3. The Morgan fingerprint density at radius 1 is 0.889 bits per heavy atom. The zero-order valence-electron chi connectivity index (χ0n) is 15.8. The van der Waals surface area contributed by atoms with Crippen molar-refractivity contribution in [1.82, 2.24) is 9.80 Å². The number of hydrogen-bond donors (Lipinski definition) is 0. The van der Waals surface area contributed by atoms with Gasteiger partial charge in [-0.05, 0) is 30.7 Å². The van der Waals surface area contributed by atoms with E-state index in [0.29, 0.717) is 45.8 Å². The van der Waals surface area contributed by atoms with Crippen molar-refractivity contribution in [3.8, 4) is 5.75 Å². The molecule has 7 nitrogen and oxygen atoms in total. The van der Waals surface area contributed by atoms with Crippen molar-refractivity contribution in [2.24, 2.45) is 11.8 Å². The Morgan fingerprint density at radius 2 is 1.44 bits per heavy atom. The average molecular weight is 373 g/mol. The number of hydrogen-bond acceptors (Lipinski definition) is 5. The monoisotopic (exact) mass is 373 g/mol. The number of nitrogens with zero attached hydrogens (tertiary/aromatic N) is 3. The number of ether oxygens (including phenoxy) is 2. The van der Waals surface area contributed by atoms with Crippen LogP contribution in [0.2, 0.25) is 0 Å². The summed E-state index contributed by atoms with van der Waals surface area (Å²) in [5, 5.41) is 0. The third-order valence-electron chi connectivity index (χ3n) is 5.78. The quantitative estimate of drug-likeness (QED) is 0.783. The molecule has 0 radical (unpaired) electrons. The molecule has 4 rings (SSSR count). The van der Waals surface area contributed by atoms with Crippen molar-refractivity contribution in [3.05, 3.63) is 24.3 Å². The van der Waals surface area contributed by atoms with Crippen molar-refractivity contribution < 1.29 is 19.1 Å². The molecule has 27 heavy (non-hydrogen) atoms. The molecule has 7 heteroatoms. The van der Waals surface area contributed by atoms with Gasteiger partial charge in [0.15, 0.2) is 0 Å². The van der Waals surface area contributed by atoms with Gasteiger partial charge in [-0.1, -0.05) is 0 Å². The molecule has 146 valence electrons. The fourth-order valence-corrected chi connectivity index (χ4v) is 3.97. The van der Waals surface area contributed by atoms with Crippen LogP contribution >= 0.6 is 0 Å². The maximum Gasteiger partial charge on any atom is 0.226 e. The Bertz CT molecular complexity index is 679. The van der Waals surface area contributed by atoms with Crippen molar-refractivity contribution in [2.45, 2.75) is 6.42 Å². The molecule has 2 amide bonds. The average Bonchev–Trinajstić information content (AvgIpc) is 3.54. The van der Waals surface area contributed by atoms with Crippen LogP contribution < -0.4 is 9.64 Å². The number of methoxy groups -OCH3 is 1. The van der Waals surface area contributed by atoms with E-state index in [1.807, 2.05) is 34.1 Å². The van der Waals surface area contributed by atoms with Gasteiger partial charge in [0.05, 0.1) is 32.2 Å². The molecule has 1 saturated carbocycles. The minimum atomic E-state index is -0.118. The predicted molar refractivity (Wildman–Crippen MR) is 101 cm³/mol. The Hall–Kier alpha value is -2.28. The molecule has 3 fully saturated rings. The van der Waals surface area contributed by atoms with Crippen LogP contribution in [0.25, 0.3) is 0 Å². The molecule has 2 unspecified atom stereocenters. The molecular weight excluding hydrogens is 346 g/mol. The third kappa shape index (κ3) is 3.88. The van der Waals surface area contributed by atoms with Crippen molar-refractivity contribution >= 4 is 17.5 Å². The molecule has 2 atom stereocenters. The first kappa shape index (κ1) is 18.1. The van der Waals surface area contributed by atoms with Gasteiger partial charge in [0.2, 0.25) is 11.8 Å². The molecule has 2 saturated heterocycles. The lowest BCUT2D eigenvalue weighted by molar-refractivity contribution is -0.140. The summed E-state index contributed by atoms with van der Waals surface area (Å²) >= 11 is 0. The first-order valence-corrected chi connectivity index (χ1v) is 9.71. The van der Waals surface area contributed by atoms with E-state index in [0.717, 1.165) is 24.5 Å². The summed E-state index contributed by atoms with van der Waals surface area (Å²) < 4.78 is 10.5. The molecular formula is C20H27N3O4. The van der Waals surface area contributed by atoms with Crippen LogP contribution in [0.4, 0.5) is 5.69 Å². The normalized spacial score (nSPS) is 25.3. The first-order chi connectivity index (χ1) is 13.2. The van der Waals surface area contributed by atoms with Crippen LogP contribution in [0.3, 0.4) is 0 Å². The summed E-state index contributed by atoms with van der Waals surface area (Å²) in [4.78, 5) is 31.4. The molecule has 0 aromatic heterocycles. The Balaban J connectivity index is 1.27. The summed E-state index contributed by atoms with van der Waals surface area (Å²) in [7, 11) is 1.66. The summed E-state index contributed by atoms with van der Waals surface area (Å²) in [5.74, 6) is 0.893. The van der Waals surface area contributed by atoms with Crippen LogP contribution in [0, 0.1) is 11.8 Å². The minimum Gasteiger partial charge on any atom is -0.497 e. The largest absolute Gasteiger partial charge is 0.497 e. The number of carbonyl (C=O) groups is 2. The maximum absolute atomic E-state index is 12.8. The number of piperazine rings is 1. The van der Waals surface area contributed by atoms with Gasteiger partial charge in [-0.25, -0.2) is 0 Å². The van der Waals surface area contributed by atoms with E-state index >= 15 is 0 Å². The smallest absolute Gasteiger partial charge is 0.226 e. The maximum atomic E-state index is 12.8. The van der Waals surface area contributed by atoms with Gasteiger partial charge < -0.3 is 24.2 Å². The van der Waals surface area contributed by atoms with E-state index in [1.165, 1.54) is 0 Å². The molecule has 0 N–H and O–H groups in total. The van der Waals surface area contributed by atoms with E-state index in [4.69, 9.17) is 9.47 Å². The zero-order valence-corrected chi connectivity index (χ0v) is 15.8. The molecule has 1 aromatic carbocycles. The SMILES string of the molecule is COc1ccc(N2CCN(C(=O)C3CC3C(=O)N3CCOCC3)CC2)cc1. The molecule has 2 aliphatic heterocycles. The number of morpholine rings is 1. The van der Waals surface area contributed by atoms with Gasteiger partial charge in [-0.15, -0.1) is 0 Å². The highest BCUT2D eigenvalue weighted by molar-refractivity contribution is 5.92. The van der Waals surface area contributed by atoms with Gasteiger partial charge in [-0.2, -0.15) is 0 Å². The van der Waals surface area contributed by atoms with E-state index in [2.05, 4.69) is 4.90 Å². The van der Waals surface area contributed by atoms with Crippen LogP contribution in [0.5, 0.6) is 5.75 Å². The van der Waals surface area contributed by atoms with Gasteiger partial charge in [-0.3, -0.25) is 9.59 Å². The minimum absolute atomic E-state index is 0.116. The van der Waals surface area contributed by atoms with Gasteiger partial charge in [0.25, 0.3) is 0 Å². The second-order valence-electron chi connectivity index (χ2n) is 7.40. The number of benzene rings is 1. The van der Waals surface area contributed by atoms with Crippen LogP contribution in [-0.4, -0.2) is 81.2 Å². The first-order valence-electron chi connectivity index (χ1n) is 9.71. The van der Waals surface area contributed by atoms with Crippen molar-refractivity contribution in [2.75, 3.05) is 64.5 Å². The topological polar surface area (TPSA) is 62.3 Å². The zero-order chi connectivity index (χ0) is 18.8. The van der Waals surface area contributed by atoms with Crippen molar-refractivity contribution in [3.63, 3.8) is 0 Å². The second-order valence-corrected chi connectivity index (χ2v) is 7.40. The van der Waals surface area contributed by atoms with Crippen molar-refractivity contribution in [1.29, 1.82) is 0 Å². The van der Waals surface area contributed by atoms with E-state index in [9.17, 15) is 9.59 Å². The predicted octanol–water partition coefficient (Wildman–Crippen LogP) is 0.839. The van der Waals surface area contributed by atoms with Gasteiger partial charge in [0, 0.05) is 45.0 Å². The lowest BCUT2D eigenvalue weighted by Crippen LogP contribution is -2.49. The lowest BCUT2D eigenvalue weighted by atomic mass is 10.2. The fourth-order valence-electron chi connectivity index (χ4n) is 3.97. The van der Waals surface area contributed by atoms with Gasteiger partial charge in [0.1, 0.15) is 5.75 Å². The van der Waals surface area contributed by atoms with Crippen LogP contribution in [0.15, 0.2) is 24.3 Å². The van der Waals surface area contributed by atoms with Crippen LogP contribution in [-0.2, 0) is 14.3 Å². The summed E-state index contributed by atoms with van der Waals surface area (Å²) in [5.41, 5.74) is 1.15. The number of amides is 2. The summed E-state index contributed by atoms with van der Waals surface area (Å²) in [6, 6.07) is 8.01. The Labute approximate surface area is 159 Å². The van der Waals surface area contributed by atoms with E-state index in [-0.39, 0.29) is 23.7 Å². The highest BCUT2D eigenvalue weighted by Crippen LogP contribution is 2.41. The van der Waals surface area contributed by atoms with Gasteiger partial charge >= 0.3 is 0 Å². The summed E-state index contributed by atoms with van der Waals surface area (Å²) in [6.45, 7) is 5.54. The van der Waals surface area contributed by atoms with E-state index in [1.54, 1.807) is 7.11 Å². The Morgan fingerprint density at radius 3 is 2.00 bits per heavy atom. The Kier molecular flexibility index (Phi) is 5.20. The lowest BCUT2D eigenvalue weighted by Gasteiger charge is -2.36. The molecule has 1 aliphatic carbocycles. The highest BCUT2D eigenvalue weighted by atomic mass is 16.5. The third-order valence-corrected chi connectivity index (χ3v) is 5.78. The summed E-state index contributed by atoms with van der Waals surface area (Å²) in [6.07, 6.45) is 0.702. The second kappa shape index (κ2) is 7.76. The number of rotatable bonds is 4. The fraction of sp³-hybridized carbons (Fsp3) is 0.600.